The third kappa shape index (κ3) is 3.38. The fourth-order valence-corrected chi connectivity index (χ4v) is 2.24. The Morgan fingerprint density at radius 1 is 1.17 bits per heavy atom. The van der Waals surface area contributed by atoms with E-state index in [9.17, 15) is 4.79 Å². The Morgan fingerprint density at radius 3 is 2.67 bits per heavy atom. The molecule has 3 rings (SSSR count). The molecule has 0 aliphatic rings. The molecule has 1 N–H and O–H groups in total. The molecule has 0 atom stereocenters. The molecule has 0 saturated carbocycles. The number of ether oxygens (including phenoxy) is 2. The predicted octanol–water partition coefficient (Wildman–Crippen LogP) is 3.48. The van der Waals surface area contributed by atoms with Crippen molar-refractivity contribution in [1.29, 1.82) is 0 Å². The summed E-state index contributed by atoms with van der Waals surface area (Å²) in [5.74, 6) is 0.331. The highest BCUT2D eigenvalue weighted by molar-refractivity contribution is 5.73. The number of aliphatic carboxylic acids is 1. The van der Waals surface area contributed by atoms with Crippen LogP contribution in [0.15, 0.2) is 59.1 Å². The highest BCUT2D eigenvalue weighted by atomic mass is 16.5. The van der Waals surface area contributed by atoms with Gasteiger partial charge in [-0.25, -0.2) is 4.79 Å². The van der Waals surface area contributed by atoms with Gasteiger partial charge in [0.1, 0.15) is 17.2 Å². The topological polar surface area (TPSA) is 81.8 Å². The van der Waals surface area contributed by atoms with Gasteiger partial charge in [-0.1, -0.05) is 35.5 Å². The largest absolute Gasteiger partial charge is 0.497 e. The first kappa shape index (κ1) is 15.6. The van der Waals surface area contributed by atoms with Crippen molar-refractivity contribution in [3.63, 3.8) is 0 Å². The van der Waals surface area contributed by atoms with Gasteiger partial charge in [-0.15, -0.1) is 0 Å². The lowest BCUT2D eigenvalue weighted by Gasteiger charge is -2.09. The number of rotatable bonds is 6. The molecule has 2 aromatic carbocycles. The summed E-state index contributed by atoms with van der Waals surface area (Å²) in [4.78, 5) is 10.8. The van der Waals surface area contributed by atoms with Gasteiger partial charge in [-0.3, -0.25) is 0 Å². The first-order valence-corrected chi connectivity index (χ1v) is 7.22. The lowest BCUT2D eigenvalue weighted by Crippen LogP contribution is -2.10. The number of methoxy groups -OCH3 is 1. The van der Waals surface area contributed by atoms with Gasteiger partial charge in [0.25, 0.3) is 0 Å². The van der Waals surface area contributed by atoms with E-state index in [4.69, 9.17) is 19.1 Å². The van der Waals surface area contributed by atoms with E-state index in [-0.39, 0.29) is 0 Å². The molecule has 0 saturated heterocycles. The van der Waals surface area contributed by atoms with Crippen molar-refractivity contribution in [1.82, 2.24) is 5.16 Å². The van der Waals surface area contributed by atoms with Gasteiger partial charge in [0.05, 0.1) is 12.7 Å². The molecule has 0 aliphatic carbocycles. The Morgan fingerprint density at radius 2 is 1.96 bits per heavy atom. The molecule has 1 heterocycles. The molecule has 24 heavy (non-hydrogen) atoms. The van der Waals surface area contributed by atoms with E-state index in [1.54, 1.807) is 24.3 Å². The van der Waals surface area contributed by atoms with Crippen LogP contribution in [0.25, 0.3) is 22.6 Å². The molecule has 0 amide bonds. The van der Waals surface area contributed by atoms with Gasteiger partial charge in [0, 0.05) is 17.7 Å². The summed E-state index contributed by atoms with van der Waals surface area (Å²) in [6.07, 6.45) is 0. The maximum Gasteiger partial charge on any atom is 0.341 e. The predicted molar refractivity (Wildman–Crippen MR) is 87.1 cm³/mol. The third-order valence-corrected chi connectivity index (χ3v) is 3.39. The van der Waals surface area contributed by atoms with Crippen LogP contribution in [0.2, 0.25) is 0 Å². The minimum atomic E-state index is -1.06. The Kier molecular flexibility index (Phi) is 4.47. The number of benzene rings is 2. The van der Waals surface area contributed by atoms with Gasteiger partial charge >= 0.3 is 5.97 Å². The van der Waals surface area contributed by atoms with E-state index >= 15 is 0 Å². The second kappa shape index (κ2) is 6.87. The van der Waals surface area contributed by atoms with Crippen LogP contribution >= 0.6 is 0 Å². The van der Waals surface area contributed by atoms with E-state index in [2.05, 4.69) is 5.16 Å². The molecule has 1 aromatic heterocycles. The molecule has 0 radical (unpaired) electrons. The van der Waals surface area contributed by atoms with Crippen molar-refractivity contribution in [3.05, 3.63) is 54.6 Å². The molecule has 0 unspecified atom stereocenters. The summed E-state index contributed by atoms with van der Waals surface area (Å²) in [6.45, 7) is -0.458. The molecule has 0 bridgehead atoms. The van der Waals surface area contributed by atoms with Crippen molar-refractivity contribution < 1.29 is 23.9 Å². The molecule has 6 heteroatoms. The van der Waals surface area contributed by atoms with Gasteiger partial charge in [0.15, 0.2) is 12.4 Å². The minimum Gasteiger partial charge on any atom is -0.497 e. The normalized spacial score (nSPS) is 10.4. The zero-order valence-electron chi connectivity index (χ0n) is 12.9. The van der Waals surface area contributed by atoms with E-state index < -0.39 is 12.6 Å². The van der Waals surface area contributed by atoms with Crippen molar-refractivity contribution in [2.24, 2.45) is 0 Å². The summed E-state index contributed by atoms with van der Waals surface area (Å²) in [7, 11) is 1.53. The molecule has 3 aromatic rings. The third-order valence-electron chi connectivity index (χ3n) is 3.39. The zero-order chi connectivity index (χ0) is 16.9. The van der Waals surface area contributed by atoms with Crippen molar-refractivity contribution >= 4 is 5.97 Å². The second-order valence-corrected chi connectivity index (χ2v) is 4.99. The fraction of sp³-hybridized carbons (Fsp3) is 0.111. The van der Waals surface area contributed by atoms with E-state index in [1.165, 1.54) is 7.11 Å². The monoisotopic (exact) mass is 325 g/mol. The minimum absolute atomic E-state index is 0.354. The fourth-order valence-electron chi connectivity index (χ4n) is 2.24. The first-order valence-electron chi connectivity index (χ1n) is 7.22. The van der Waals surface area contributed by atoms with Crippen LogP contribution in [0.5, 0.6) is 11.5 Å². The number of carboxylic acids is 1. The van der Waals surface area contributed by atoms with Crippen LogP contribution in [0.4, 0.5) is 0 Å². The van der Waals surface area contributed by atoms with E-state index in [1.807, 2.05) is 30.3 Å². The molecule has 0 aliphatic heterocycles. The Bertz CT molecular complexity index is 842. The summed E-state index contributed by atoms with van der Waals surface area (Å²) in [5, 5.41) is 12.9. The molecular formula is C18H15NO5. The van der Waals surface area contributed by atoms with Gasteiger partial charge < -0.3 is 19.1 Å². The Labute approximate surface area is 138 Å². The summed E-state index contributed by atoms with van der Waals surface area (Å²) < 4.78 is 15.9. The Balaban J connectivity index is 1.96. The number of hydrogen-bond acceptors (Lipinski definition) is 5. The summed E-state index contributed by atoms with van der Waals surface area (Å²) in [6, 6.07) is 16.5. The number of hydrogen-bond donors (Lipinski definition) is 1. The highest BCUT2D eigenvalue weighted by Gasteiger charge is 2.15. The standard InChI is InChI=1S/C18H15NO5/c1-22-13-7-8-14(16(9-13)23-11-18(20)21)17-10-15(19-24-17)12-5-3-2-4-6-12/h2-10H,11H2,1H3,(H,20,21). The van der Waals surface area contributed by atoms with Crippen LogP contribution in [0, 0.1) is 0 Å². The van der Waals surface area contributed by atoms with Crippen LogP contribution in [-0.4, -0.2) is 29.9 Å². The van der Waals surface area contributed by atoms with E-state index in [0.29, 0.717) is 28.5 Å². The second-order valence-electron chi connectivity index (χ2n) is 4.99. The summed E-state index contributed by atoms with van der Waals surface area (Å²) >= 11 is 0. The van der Waals surface area contributed by atoms with Gasteiger partial charge in [0.2, 0.25) is 0 Å². The summed E-state index contributed by atoms with van der Waals surface area (Å²) in [5.41, 5.74) is 2.21. The lowest BCUT2D eigenvalue weighted by molar-refractivity contribution is -0.139. The van der Waals surface area contributed by atoms with Gasteiger partial charge in [-0.05, 0) is 12.1 Å². The zero-order valence-corrected chi connectivity index (χ0v) is 12.9. The number of nitrogens with zero attached hydrogens (tertiary/aromatic N) is 1. The van der Waals surface area contributed by atoms with Crippen molar-refractivity contribution in [2.45, 2.75) is 0 Å². The SMILES string of the molecule is COc1ccc(-c2cc(-c3ccccc3)no2)c(OCC(=O)O)c1. The quantitative estimate of drug-likeness (QED) is 0.747. The molecule has 0 fully saturated rings. The maximum atomic E-state index is 10.8. The molecular weight excluding hydrogens is 310 g/mol. The highest BCUT2D eigenvalue weighted by Crippen LogP contribution is 2.35. The molecule has 0 spiro atoms. The molecule has 6 nitrogen and oxygen atoms in total. The van der Waals surface area contributed by atoms with E-state index in [0.717, 1.165) is 5.56 Å². The van der Waals surface area contributed by atoms with Gasteiger partial charge in [-0.2, -0.15) is 0 Å². The Hall–Kier alpha value is -3.28. The maximum absolute atomic E-state index is 10.8. The van der Waals surface area contributed by atoms with Crippen molar-refractivity contribution in [2.75, 3.05) is 13.7 Å². The van der Waals surface area contributed by atoms with Crippen LogP contribution in [0.1, 0.15) is 0 Å². The van der Waals surface area contributed by atoms with Crippen molar-refractivity contribution in [3.8, 4) is 34.1 Å². The smallest absolute Gasteiger partial charge is 0.341 e. The number of aromatic nitrogens is 1. The number of carboxylic acid groups (broad SMARTS) is 1. The van der Waals surface area contributed by atoms with Crippen LogP contribution in [-0.2, 0) is 4.79 Å². The van der Waals surface area contributed by atoms with Crippen LogP contribution in [0.3, 0.4) is 0 Å². The number of carbonyl (C=O) groups is 1. The molecule has 122 valence electrons. The van der Waals surface area contributed by atoms with Crippen LogP contribution < -0.4 is 9.47 Å². The lowest BCUT2D eigenvalue weighted by atomic mass is 10.1. The first-order chi connectivity index (χ1) is 11.7. The average Bonchev–Trinajstić information content (AvgIpc) is 3.10. The average molecular weight is 325 g/mol.